The van der Waals surface area contributed by atoms with Crippen molar-refractivity contribution in [1.82, 2.24) is 10.2 Å². The minimum Gasteiger partial charge on any atom is -0.427 e. The molecule has 4 aliphatic rings. The molecule has 0 bridgehead atoms. The average Bonchev–Trinajstić information content (AvgIpc) is 2.77. The largest absolute Gasteiger partial charge is 0.455 e. The summed E-state index contributed by atoms with van der Waals surface area (Å²) in [6.07, 6.45) is 11.8. The molecule has 4 rings (SSSR count). The van der Waals surface area contributed by atoms with Crippen LogP contribution >= 0.6 is 0 Å². The first kappa shape index (κ1) is 21.6. The van der Waals surface area contributed by atoms with Gasteiger partial charge in [0, 0.05) is 31.5 Å². The minimum absolute atomic E-state index is 0.140. The normalized spacial score (nSPS) is 39.1. The highest BCUT2D eigenvalue weighted by molar-refractivity contribution is 6.44. The molecule has 164 valence electrons. The van der Waals surface area contributed by atoms with Crippen molar-refractivity contribution in [3.63, 3.8) is 0 Å². The second-order valence-corrected chi connectivity index (χ2v) is 10.3. The summed E-state index contributed by atoms with van der Waals surface area (Å²) in [6, 6.07) is 0.340. The van der Waals surface area contributed by atoms with E-state index in [1.165, 1.54) is 32.1 Å². The van der Waals surface area contributed by atoms with Crippen LogP contribution in [-0.4, -0.2) is 60.2 Å². The predicted molar refractivity (Wildman–Crippen MR) is 115 cm³/mol. The Morgan fingerprint density at radius 2 is 1.76 bits per heavy atom. The lowest BCUT2D eigenvalue weighted by Crippen LogP contribution is -2.58. The maximum Gasteiger partial charge on any atom is 0.455 e. The fraction of sp³-hybridized carbons (Fsp3) is 0.955. The summed E-state index contributed by atoms with van der Waals surface area (Å²) < 4.78 is 0. The molecule has 2 heterocycles. The van der Waals surface area contributed by atoms with Gasteiger partial charge in [0.1, 0.15) is 0 Å². The van der Waals surface area contributed by atoms with E-state index in [1.54, 1.807) is 0 Å². The molecule has 5 N–H and O–H groups in total. The SMILES string of the molecule is NCC1CCCC(C2CCN(C(=O)C3CNC4CCCCC4C3B(O)O)CC2)C1. The first-order valence-electron chi connectivity index (χ1n) is 12.2. The van der Waals surface area contributed by atoms with Crippen molar-refractivity contribution < 1.29 is 14.8 Å². The number of nitrogens with zero attached hydrogens (tertiary/aromatic N) is 1. The monoisotopic (exact) mass is 405 g/mol. The quantitative estimate of drug-likeness (QED) is 0.533. The van der Waals surface area contributed by atoms with E-state index in [0.717, 1.165) is 63.6 Å². The van der Waals surface area contributed by atoms with Crippen LogP contribution in [-0.2, 0) is 4.79 Å². The smallest absolute Gasteiger partial charge is 0.427 e. The Balaban J connectivity index is 1.35. The van der Waals surface area contributed by atoms with Gasteiger partial charge >= 0.3 is 7.12 Å². The Bertz CT molecular complexity index is 555. The number of carbonyl (C=O) groups is 1. The van der Waals surface area contributed by atoms with E-state index in [1.807, 2.05) is 4.90 Å². The van der Waals surface area contributed by atoms with Crippen molar-refractivity contribution in [3.8, 4) is 0 Å². The number of fused-ring (bicyclic) bond motifs is 1. The maximum absolute atomic E-state index is 13.4. The molecular weight excluding hydrogens is 365 g/mol. The summed E-state index contributed by atoms with van der Waals surface area (Å²) in [4.78, 5) is 15.4. The molecule has 6 atom stereocenters. The third-order valence-electron chi connectivity index (χ3n) is 8.71. The van der Waals surface area contributed by atoms with Crippen molar-refractivity contribution in [2.75, 3.05) is 26.2 Å². The van der Waals surface area contributed by atoms with Gasteiger partial charge in [-0.25, -0.2) is 0 Å². The first-order chi connectivity index (χ1) is 14.1. The maximum atomic E-state index is 13.4. The number of nitrogens with one attached hydrogen (secondary N) is 1. The van der Waals surface area contributed by atoms with Crippen molar-refractivity contribution in [3.05, 3.63) is 0 Å². The summed E-state index contributed by atoms with van der Waals surface area (Å²) in [5.41, 5.74) is 5.92. The molecule has 2 aliphatic heterocycles. The number of likely N-dealkylation sites (tertiary alicyclic amines) is 1. The van der Waals surface area contributed by atoms with Gasteiger partial charge in [0.25, 0.3) is 0 Å². The van der Waals surface area contributed by atoms with Gasteiger partial charge in [-0.2, -0.15) is 0 Å². The topological polar surface area (TPSA) is 98.8 Å². The van der Waals surface area contributed by atoms with Gasteiger partial charge in [-0.05, 0) is 68.7 Å². The van der Waals surface area contributed by atoms with Crippen LogP contribution in [0.2, 0.25) is 5.82 Å². The zero-order valence-electron chi connectivity index (χ0n) is 17.8. The van der Waals surface area contributed by atoms with E-state index in [2.05, 4.69) is 5.32 Å². The first-order valence-corrected chi connectivity index (χ1v) is 12.2. The van der Waals surface area contributed by atoms with Crippen molar-refractivity contribution >= 4 is 13.0 Å². The van der Waals surface area contributed by atoms with E-state index in [-0.39, 0.29) is 23.6 Å². The van der Waals surface area contributed by atoms with Crippen molar-refractivity contribution in [2.45, 2.75) is 76.1 Å². The highest BCUT2D eigenvalue weighted by Crippen LogP contribution is 2.43. The molecule has 4 fully saturated rings. The number of carbonyl (C=O) groups excluding carboxylic acids is 1. The number of hydrogen-bond acceptors (Lipinski definition) is 5. The fourth-order valence-electron chi connectivity index (χ4n) is 7.07. The van der Waals surface area contributed by atoms with Gasteiger partial charge in [-0.3, -0.25) is 4.79 Å². The summed E-state index contributed by atoms with van der Waals surface area (Å²) in [6.45, 7) is 3.05. The summed E-state index contributed by atoms with van der Waals surface area (Å²) in [7, 11) is -1.40. The van der Waals surface area contributed by atoms with Gasteiger partial charge in [0.05, 0.1) is 5.92 Å². The number of nitrogens with two attached hydrogens (primary N) is 1. The predicted octanol–water partition coefficient (Wildman–Crippen LogP) is 1.61. The van der Waals surface area contributed by atoms with Crippen LogP contribution in [0.1, 0.15) is 64.2 Å². The summed E-state index contributed by atoms with van der Waals surface area (Å²) in [5, 5.41) is 23.8. The van der Waals surface area contributed by atoms with Crippen molar-refractivity contribution in [1.29, 1.82) is 0 Å². The zero-order chi connectivity index (χ0) is 20.4. The molecule has 2 saturated carbocycles. The number of hydrogen-bond donors (Lipinski definition) is 4. The van der Waals surface area contributed by atoms with Crippen LogP contribution in [0, 0.1) is 29.6 Å². The molecule has 0 aromatic rings. The van der Waals surface area contributed by atoms with E-state index < -0.39 is 7.12 Å². The molecule has 1 amide bonds. The van der Waals surface area contributed by atoms with Crippen LogP contribution < -0.4 is 11.1 Å². The molecular formula is C22H40BN3O3. The lowest BCUT2D eigenvalue weighted by atomic mass is 9.53. The van der Waals surface area contributed by atoms with Crippen molar-refractivity contribution in [2.24, 2.45) is 35.3 Å². The molecule has 29 heavy (non-hydrogen) atoms. The number of amides is 1. The van der Waals surface area contributed by atoms with Crippen LogP contribution in [0.5, 0.6) is 0 Å². The second kappa shape index (κ2) is 9.67. The molecule has 7 heteroatoms. The Kier molecular flexibility index (Phi) is 7.20. The van der Waals surface area contributed by atoms with E-state index in [9.17, 15) is 14.8 Å². The fourth-order valence-corrected chi connectivity index (χ4v) is 7.07. The average molecular weight is 405 g/mol. The van der Waals surface area contributed by atoms with Crippen LogP contribution in [0.15, 0.2) is 0 Å². The highest BCUT2D eigenvalue weighted by Gasteiger charge is 2.49. The van der Waals surface area contributed by atoms with Gasteiger partial charge < -0.3 is 26.0 Å². The Hall–Kier alpha value is -0.625. The molecule has 0 aromatic carbocycles. The van der Waals surface area contributed by atoms with Gasteiger partial charge in [-0.1, -0.05) is 25.7 Å². The summed E-state index contributed by atoms with van der Waals surface area (Å²) >= 11 is 0. The van der Waals surface area contributed by atoms with Gasteiger partial charge in [0.2, 0.25) is 5.91 Å². The molecule has 6 nitrogen and oxygen atoms in total. The Morgan fingerprint density at radius 1 is 1.00 bits per heavy atom. The molecule has 2 saturated heterocycles. The Morgan fingerprint density at radius 3 is 2.48 bits per heavy atom. The molecule has 6 unspecified atom stereocenters. The molecule has 0 spiro atoms. The number of rotatable bonds is 4. The molecule has 2 aliphatic carbocycles. The van der Waals surface area contributed by atoms with E-state index in [4.69, 9.17) is 5.73 Å². The van der Waals surface area contributed by atoms with Gasteiger partial charge in [0.15, 0.2) is 0 Å². The van der Waals surface area contributed by atoms with E-state index in [0.29, 0.717) is 18.5 Å². The zero-order valence-corrected chi connectivity index (χ0v) is 17.8. The van der Waals surface area contributed by atoms with Crippen LogP contribution in [0.4, 0.5) is 0 Å². The van der Waals surface area contributed by atoms with Crippen LogP contribution in [0.3, 0.4) is 0 Å². The second-order valence-electron chi connectivity index (χ2n) is 10.3. The molecule has 0 radical (unpaired) electrons. The number of piperidine rings is 2. The third-order valence-corrected chi connectivity index (χ3v) is 8.71. The molecule has 0 aromatic heterocycles. The highest BCUT2D eigenvalue weighted by atomic mass is 16.4. The lowest BCUT2D eigenvalue weighted by Gasteiger charge is -2.47. The lowest BCUT2D eigenvalue weighted by molar-refractivity contribution is -0.139. The minimum atomic E-state index is -1.40. The Labute approximate surface area is 176 Å². The van der Waals surface area contributed by atoms with Crippen LogP contribution in [0.25, 0.3) is 0 Å². The summed E-state index contributed by atoms with van der Waals surface area (Å²) in [5.74, 6) is 1.91. The standard InChI is InChI=1S/C22H40BN3O3/c24-13-15-4-3-5-17(12-15)16-8-10-26(11-9-16)22(27)19-14-25-20-7-2-1-6-18(20)21(19)23(28)29/h15-21,25,28-29H,1-14,24H2. The van der Waals surface area contributed by atoms with Gasteiger partial charge in [-0.15, -0.1) is 0 Å². The third kappa shape index (κ3) is 4.68. The van der Waals surface area contributed by atoms with E-state index >= 15 is 0 Å².